The molecule has 0 bridgehead atoms. The van der Waals surface area contributed by atoms with Gasteiger partial charge in [0.15, 0.2) is 0 Å². The van der Waals surface area contributed by atoms with Gasteiger partial charge in [-0.05, 0) is 49.9 Å². The Labute approximate surface area is 190 Å². The Balaban J connectivity index is 1.86. The Hall–Kier alpha value is -2.58. The highest BCUT2D eigenvalue weighted by Crippen LogP contribution is 2.35. The average Bonchev–Trinajstić information content (AvgIpc) is 2.78. The first-order valence-electron chi connectivity index (χ1n) is 10.7. The van der Waals surface area contributed by atoms with Crippen LogP contribution in [0.5, 0.6) is 5.75 Å². The van der Waals surface area contributed by atoms with Crippen molar-refractivity contribution < 1.29 is 22.7 Å². The maximum Gasteiger partial charge on any atom is 0.243 e. The van der Waals surface area contributed by atoms with Crippen LogP contribution >= 0.6 is 0 Å². The zero-order valence-corrected chi connectivity index (χ0v) is 19.9. The predicted molar refractivity (Wildman–Crippen MR) is 126 cm³/mol. The van der Waals surface area contributed by atoms with E-state index < -0.39 is 16.1 Å². The zero-order chi connectivity index (χ0) is 23.4. The number of methoxy groups -OCH3 is 1. The summed E-state index contributed by atoms with van der Waals surface area (Å²) in [7, 11) is -2.27. The fourth-order valence-corrected chi connectivity index (χ4v) is 5.45. The third-order valence-corrected chi connectivity index (χ3v) is 7.32. The molecule has 0 aliphatic carbocycles. The second-order valence-corrected chi connectivity index (χ2v) is 10.2. The number of nitrogens with zero attached hydrogens (tertiary/aromatic N) is 1. The molecule has 3 rings (SSSR count). The Morgan fingerprint density at radius 1 is 1.19 bits per heavy atom. The van der Waals surface area contributed by atoms with Gasteiger partial charge in [0.05, 0.1) is 19.1 Å². The van der Waals surface area contributed by atoms with Crippen LogP contribution in [0.4, 0.5) is 5.69 Å². The van der Waals surface area contributed by atoms with Crippen molar-refractivity contribution in [1.82, 2.24) is 5.32 Å². The molecule has 174 valence electrons. The minimum Gasteiger partial charge on any atom is -0.495 e. The Morgan fingerprint density at radius 2 is 1.84 bits per heavy atom. The third-order valence-electron chi connectivity index (χ3n) is 6.10. The molecule has 1 amide bonds. The Kier molecular flexibility index (Phi) is 7.46. The number of anilines is 1. The highest BCUT2D eigenvalue weighted by molar-refractivity contribution is 7.92. The first-order chi connectivity index (χ1) is 15.2. The number of amides is 1. The Bertz CT molecular complexity index is 1030. The first-order valence-corrected chi connectivity index (χ1v) is 12.6. The number of nitrogens with one attached hydrogen (secondary N) is 1. The molecule has 1 atom stereocenters. The third kappa shape index (κ3) is 5.24. The Morgan fingerprint density at radius 3 is 2.44 bits per heavy atom. The fraction of sp³-hybridized carbons (Fsp3) is 0.458. The molecule has 7 nitrogen and oxygen atoms in total. The lowest BCUT2D eigenvalue weighted by Gasteiger charge is -2.38. The number of benzene rings is 2. The molecule has 0 aromatic heterocycles. The molecule has 0 saturated carbocycles. The van der Waals surface area contributed by atoms with Crippen molar-refractivity contribution in [2.24, 2.45) is 0 Å². The van der Waals surface area contributed by atoms with Crippen LogP contribution in [0, 0.1) is 6.92 Å². The fourth-order valence-electron chi connectivity index (χ4n) is 4.28. The smallest absolute Gasteiger partial charge is 0.243 e. The van der Waals surface area contributed by atoms with E-state index in [2.05, 4.69) is 17.4 Å². The summed E-state index contributed by atoms with van der Waals surface area (Å²) < 4.78 is 37.5. The molecule has 8 heteroatoms. The van der Waals surface area contributed by atoms with E-state index in [4.69, 9.17) is 9.47 Å². The predicted octanol–water partition coefficient (Wildman–Crippen LogP) is 3.02. The normalized spacial score (nSPS) is 16.8. The van der Waals surface area contributed by atoms with Crippen LogP contribution in [0.3, 0.4) is 0 Å². The summed E-state index contributed by atoms with van der Waals surface area (Å²) in [5.74, 6) is 0.0339. The van der Waals surface area contributed by atoms with Crippen LogP contribution in [0.25, 0.3) is 0 Å². The highest BCUT2D eigenvalue weighted by Gasteiger charge is 2.37. The lowest BCUT2D eigenvalue weighted by Crippen LogP contribution is -2.52. The second kappa shape index (κ2) is 9.92. The first kappa shape index (κ1) is 24.1. The molecule has 1 aliphatic rings. The molecule has 1 saturated heterocycles. The molecule has 1 fully saturated rings. The van der Waals surface area contributed by atoms with Gasteiger partial charge in [-0.15, -0.1) is 0 Å². The molecule has 0 spiro atoms. The van der Waals surface area contributed by atoms with Crippen molar-refractivity contribution in [3.8, 4) is 5.75 Å². The summed E-state index contributed by atoms with van der Waals surface area (Å²) in [6.07, 6.45) is 2.67. The van der Waals surface area contributed by atoms with Gasteiger partial charge < -0.3 is 14.8 Å². The van der Waals surface area contributed by atoms with E-state index in [0.717, 1.165) is 34.5 Å². The number of sulfonamides is 1. The summed E-state index contributed by atoms with van der Waals surface area (Å²) in [4.78, 5) is 13.2. The molecule has 1 heterocycles. The molecular weight excluding hydrogens is 428 g/mol. The van der Waals surface area contributed by atoms with E-state index in [-0.39, 0.29) is 11.3 Å². The quantitative estimate of drug-likeness (QED) is 0.655. The van der Waals surface area contributed by atoms with Crippen LogP contribution in [-0.2, 0) is 25.0 Å². The molecule has 1 aliphatic heterocycles. The van der Waals surface area contributed by atoms with Crippen LogP contribution in [0.15, 0.2) is 48.5 Å². The van der Waals surface area contributed by atoms with Crippen molar-refractivity contribution in [2.45, 2.75) is 38.1 Å². The number of hydrogen-bond donors (Lipinski definition) is 1. The largest absolute Gasteiger partial charge is 0.495 e. The number of aryl methyl sites for hydroxylation is 1. The highest BCUT2D eigenvalue weighted by atomic mass is 32.2. The average molecular weight is 461 g/mol. The zero-order valence-electron chi connectivity index (χ0n) is 19.1. The van der Waals surface area contributed by atoms with Gasteiger partial charge in [0.1, 0.15) is 11.8 Å². The van der Waals surface area contributed by atoms with Crippen molar-refractivity contribution in [3.05, 3.63) is 59.7 Å². The van der Waals surface area contributed by atoms with E-state index in [1.165, 1.54) is 7.11 Å². The van der Waals surface area contributed by atoms with E-state index in [1.807, 2.05) is 31.2 Å². The maximum absolute atomic E-state index is 13.2. The number of hydrogen-bond acceptors (Lipinski definition) is 5. The lowest BCUT2D eigenvalue weighted by atomic mass is 9.74. The van der Waals surface area contributed by atoms with E-state index in [0.29, 0.717) is 31.2 Å². The molecule has 0 radical (unpaired) electrons. The van der Waals surface area contributed by atoms with Gasteiger partial charge in [0.25, 0.3) is 0 Å². The number of ether oxygens (including phenoxy) is 2. The van der Waals surface area contributed by atoms with Gasteiger partial charge >= 0.3 is 0 Å². The minimum atomic E-state index is -3.75. The van der Waals surface area contributed by atoms with Crippen LogP contribution < -0.4 is 14.4 Å². The van der Waals surface area contributed by atoms with Crippen LogP contribution in [0.1, 0.15) is 30.9 Å². The van der Waals surface area contributed by atoms with Gasteiger partial charge in [-0.1, -0.05) is 36.4 Å². The van der Waals surface area contributed by atoms with Crippen molar-refractivity contribution in [1.29, 1.82) is 0 Å². The standard InChI is InChI=1S/C24H32N2O5S/c1-18-10-11-22(30-3)21(16-18)26(32(4,28)29)19(2)23(27)25-17-24(12-14-31-15-13-24)20-8-6-5-7-9-20/h5-11,16,19H,12-15,17H2,1-4H3,(H,25,27)/t19-/m0/s1. The second-order valence-electron chi connectivity index (χ2n) is 8.39. The summed E-state index contributed by atoms with van der Waals surface area (Å²) in [6, 6.07) is 14.4. The van der Waals surface area contributed by atoms with Crippen LogP contribution in [0.2, 0.25) is 0 Å². The summed E-state index contributed by atoms with van der Waals surface area (Å²) >= 11 is 0. The molecule has 2 aromatic carbocycles. The number of rotatable bonds is 8. The van der Waals surface area contributed by atoms with Gasteiger partial charge in [-0.2, -0.15) is 0 Å². The van der Waals surface area contributed by atoms with Gasteiger partial charge in [0, 0.05) is 25.2 Å². The summed E-state index contributed by atoms with van der Waals surface area (Å²) in [5.41, 5.74) is 2.12. The number of carbonyl (C=O) groups excluding carboxylic acids is 1. The monoisotopic (exact) mass is 460 g/mol. The molecule has 1 N–H and O–H groups in total. The van der Waals surface area contributed by atoms with E-state index in [9.17, 15) is 13.2 Å². The number of carbonyl (C=O) groups is 1. The molecule has 2 aromatic rings. The van der Waals surface area contributed by atoms with Gasteiger partial charge in [0.2, 0.25) is 15.9 Å². The van der Waals surface area contributed by atoms with E-state index >= 15 is 0 Å². The SMILES string of the molecule is COc1ccc(C)cc1N([C@@H](C)C(=O)NCC1(c2ccccc2)CCOCC1)S(C)(=O)=O. The summed E-state index contributed by atoms with van der Waals surface area (Å²) in [5, 5.41) is 3.02. The van der Waals surface area contributed by atoms with E-state index in [1.54, 1.807) is 19.1 Å². The topological polar surface area (TPSA) is 84.9 Å². The van der Waals surface area contributed by atoms with Gasteiger partial charge in [-0.25, -0.2) is 8.42 Å². The van der Waals surface area contributed by atoms with Gasteiger partial charge in [-0.3, -0.25) is 9.10 Å². The molecule has 32 heavy (non-hydrogen) atoms. The van der Waals surface area contributed by atoms with Crippen molar-refractivity contribution >= 4 is 21.6 Å². The van der Waals surface area contributed by atoms with Crippen molar-refractivity contribution in [2.75, 3.05) is 37.4 Å². The molecule has 0 unspecified atom stereocenters. The van der Waals surface area contributed by atoms with Crippen molar-refractivity contribution in [3.63, 3.8) is 0 Å². The maximum atomic E-state index is 13.2. The molecular formula is C24H32N2O5S. The lowest BCUT2D eigenvalue weighted by molar-refractivity contribution is -0.122. The van der Waals surface area contributed by atoms with Crippen LogP contribution in [-0.4, -0.2) is 53.5 Å². The minimum absolute atomic E-state index is 0.244. The summed E-state index contributed by atoms with van der Waals surface area (Å²) in [6.45, 7) is 5.11.